The number of amides is 1. The van der Waals surface area contributed by atoms with Gasteiger partial charge in [0.25, 0.3) is 5.91 Å². The van der Waals surface area contributed by atoms with Crippen molar-refractivity contribution < 1.29 is 9.90 Å². The van der Waals surface area contributed by atoms with E-state index in [-0.39, 0.29) is 11.9 Å². The largest absolute Gasteiger partial charge is 0.390 e. The lowest BCUT2D eigenvalue weighted by molar-refractivity contribution is -0.101. The van der Waals surface area contributed by atoms with Gasteiger partial charge >= 0.3 is 0 Å². The summed E-state index contributed by atoms with van der Waals surface area (Å²) >= 11 is 0. The molecule has 4 fully saturated rings. The highest BCUT2D eigenvalue weighted by Crippen LogP contribution is 2.65. The van der Waals surface area contributed by atoms with Crippen molar-refractivity contribution in [3.05, 3.63) is 35.4 Å². The Morgan fingerprint density at radius 3 is 2.67 bits per heavy atom. The number of aliphatic hydroxyl groups is 1. The quantitative estimate of drug-likeness (QED) is 0.623. The molecule has 1 aromatic carbocycles. The van der Waals surface area contributed by atoms with Gasteiger partial charge in [0.05, 0.1) is 17.2 Å². The van der Waals surface area contributed by atoms with E-state index in [1.165, 1.54) is 44.9 Å². The number of hydrogen-bond acceptors (Lipinski definition) is 3. The standard InChI is InChI=1S/C29H40N2O2/c1-18(31-27(32)20-6-4-5-19(15-20)17-30)25-9-10-26-24-8-7-21-16-28(2,33)13-11-22(21)23(24)12-14-29(25,26)3/h4-6,15,18,21-26,33H,7-14,16H2,1-3H3,(H,31,32)/t18-,21+,22-,23+,24+,25?,26-,28+,29+/m0/s1. The second kappa shape index (κ2) is 8.42. The molecule has 178 valence electrons. The number of carbonyl (C=O) groups excluding carboxylic acids is 1. The first-order valence-corrected chi connectivity index (χ1v) is 13.3. The molecule has 0 bridgehead atoms. The molecule has 4 aliphatic carbocycles. The van der Waals surface area contributed by atoms with Crippen LogP contribution in [0, 0.1) is 52.3 Å². The van der Waals surface area contributed by atoms with Crippen LogP contribution in [0.4, 0.5) is 0 Å². The fourth-order valence-electron chi connectivity index (χ4n) is 9.06. The van der Waals surface area contributed by atoms with Gasteiger partial charge in [0.2, 0.25) is 0 Å². The minimum absolute atomic E-state index is 0.0601. The second-order valence-electron chi connectivity index (χ2n) is 12.4. The van der Waals surface area contributed by atoms with E-state index in [1.807, 2.05) is 6.92 Å². The van der Waals surface area contributed by atoms with Gasteiger partial charge in [0.1, 0.15) is 0 Å². The number of carbonyl (C=O) groups is 1. The van der Waals surface area contributed by atoms with E-state index in [0.29, 0.717) is 22.5 Å². The van der Waals surface area contributed by atoms with E-state index in [0.717, 1.165) is 42.4 Å². The Hall–Kier alpha value is -1.86. The Kier molecular flexibility index (Phi) is 5.84. The van der Waals surface area contributed by atoms with E-state index in [2.05, 4.69) is 25.2 Å². The molecule has 1 amide bonds. The Morgan fingerprint density at radius 1 is 1.09 bits per heavy atom. The van der Waals surface area contributed by atoms with Crippen LogP contribution in [0.15, 0.2) is 24.3 Å². The first-order valence-electron chi connectivity index (χ1n) is 13.3. The van der Waals surface area contributed by atoms with Crippen LogP contribution in [0.3, 0.4) is 0 Å². The molecule has 1 unspecified atom stereocenters. The summed E-state index contributed by atoms with van der Waals surface area (Å²) in [4.78, 5) is 12.9. The summed E-state index contributed by atoms with van der Waals surface area (Å²) in [6.07, 6.45) is 10.9. The predicted molar refractivity (Wildman–Crippen MR) is 129 cm³/mol. The zero-order valence-electron chi connectivity index (χ0n) is 20.5. The van der Waals surface area contributed by atoms with Crippen molar-refractivity contribution in [3.63, 3.8) is 0 Å². The normalized spacial score (nSPS) is 42.9. The maximum atomic E-state index is 12.9. The van der Waals surface area contributed by atoms with Gasteiger partial charge in [-0.3, -0.25) is 4.79 Å². The number of benzene rings is 1. The number of nitrogens with one attached hydrogen (secondary N) is 1. The topological polar surface area (TPSA) is 73.1 Å². The number of rotatable bonds is 3. The number of nitrogens with zero attached hydrogens (tertiary/aromatic N) is 1. The van der Waals surface area contributed by atoms with Gasteiger partial charge in [-0.2, -0.15) is 5.26 Å². The molecule has 0 aromatic heterocycles. The van der Waals surface area contributed by atoms with Crippen LogP contribution in [0.2, 0.25) is 0 Å². The van der Waals surface area contributed by atoms with Crippen molar-refractivity contribution >= 4 is 5.91 Å². The zero-order valence-corrected chi connectivity index (χ0v) is 20.5. The monoisotopic (exact) mass is 448 g/mol. The first-order chi connectivity index (χ1) is 15.7. The van der Waals surface area contributed by atoms with E-state index in [4.69, 9.17) is 5.26 Å². The van der Waals surface area contributed by atoms with Crippen molar-refractivity contribution in [2.24, 2.45) is 40.9 Å². The fourth-order valence-corrected chi connectivity index (χ4v) is 9.06. The van der Waals surface area contributed by atoms with Crippen LogP contribution in [-0.4, -0.2) is 22.7 Å². The third kappa shape index (κ3) is 4.01. The smallest absolute Gasteiger partial charge is 0.251 e. The van der Waals surface area contributed by atoms with Crippen LogP contribution in [0.25, 0.3) is 0 Å². The average molecular weight is 449 g/mol. The molecule has 5 rings (SSSR count). The minimum Gasteiger partial charge on any atom is -0.390 e. The Morgan fingerprint density at radius 2 is 1.88 bits per heavy atom. The van der Waals surface area contributed by atoms with Gasteiger partial charge in [-0.25, -0.2) is 0 Å². The summed E-state index contributed by atoms with van der Waals surface area (Å²) in [5.41, 5.74) is 0.961. The van der Waals surface area contributed by atoms with Crippen LogP contribution >= 0.6 is 0 Å². The summed E-state index contributed by atoms with van der Waals surface area (Å²) in [5, 5.41) is 23.1. The molecule has 2 N–H and O–H groups in total. The summed E-state index contributed by atoms with van der Waals surface area (Å²) in [6, 6.07) is 9.28. The van der Waals surface area contributed by atoms with Crippen LogP contribution in [-0.2, 0) is 0 Å². The summed E-state index contributed by atoms with van der Waals surface area (Å²) in [6.45, 7) is 6.75. The highest BCUT2D eigenvalue weighted by Gasteiger charge is 2.58. The predicted octanol–water partition coefficient (Wildman–Crippen LogP) is 5.70. The van der Waals surface area contributed by atoms with Crippen LogP contribution in [0.5, 0.6) is 0 Å². The average Bonchev–Trinajstić information content (AvgIpc) is 3.15. The maximum Gasteiger partial charge on any atom is 0.251 e. The zero-order chi connectivity index (χ0) is 23.4. The molecule has 4 heteroatoms. The van der Waals surface area contributed by atoms with Crippen LogP contribution in [0.1, 0.15) is 94.5 Å². The second-order valence-corrected chi connectivity index (χ2v) is 12.4. The molecule has 4 saturated carbocycles. The van der Waals surface area contributed by atoms with Gasteiger partial charge in [0.15, 0.2) is 0 Å². The van der Waals surface area contributed by atoms with E-state index < -0.39 is 5.60 Å². The lowest BCUT2D eigenvalue weighted by Gasteiger charge is -2.57. The molecule has 33 heavy (non-hydrogen) atoms. The molecule has 4 nitrogen and oxygen atoms in total. The third-order valence-corrected chi connectivity index (χ3v) is 10.5. The van der Waals surface area contributed by atoms with Crippen LogP contribution < -0.4 is 5.32 Å². The van der Waals surface area contributed by atoms with Gasteiger partial charge in [-0.1, -0.05) is 13.0 Å². The third-order valence-electron chi connectivity index (χ3n) is 10.5. The minimum atomic E-state index is -0.448. The van der Waals surface area contributed by atoms with Crippen molar-refractivity contribution in [3.8, 4) is 6.07 Å². The van der Waals surface area contributed by atoms with Gasteiger partial charge in [-0.15, -0.1) is 0 Å². The molecule has 0 spiro atoms. The molecule has 1 aromatic rings. The summed E-state index contributed by atoms with van der Waals surface area (Å²) < 4.78 is 0. The molecule has 0 aliphatic heterocycles. The molecule has 4 aliphatic rings. The number of fused-ring (bicyclic) bond motifs is 5. The van der Waals surface area contributed by atoms with E-state index in [9.17, 15) is 9.90 Å². The Balaban J connectivity index is 1.28. The van der Waals surface area contributed by atoms with E-state index >= 15 is 0 Å². The van der Waals surface area contributed by atoms with Crippen molar-refractivity contribution in [1.29, 1.82) is 5.26 Å². The summed E-state index contributed by atoms with van der Waals surface area (Å²) in [5.74, 6) is 4.43. The van der Waals surface area contributed by atoms with Crippen molar-refractivity contribution in [2.45, 2.75) is 90.2 Å². The van der Waals surface area contributed by atoms with Gasteiger partial charge in [-0.05, 0) is 131 Å². The fraction of sp³-hybridized carbons (Fsp3) is 0.724. The van der Waals surface area contributed by atoms with Crippen molar-refractivity contribution in [2.75, 3.05) is 0 Å². The SMILES string of the molecule is C[C@H](NC(=O)c1cccc(C#N)c1)C1CC[C@H]2[C@@H]3CC[C@@H]4C[C@](C)(O)CC[C@@H]4[C@H]3CC[C@]12C. The molecule has 0 heterocycles. The highest BCUT2D eigenvalue weighted by molar-refractivity contribution is 5.94. The number of hydrogen-bond donors (Lipinski definition) is 2. The summed E-state index contributed by atoms with van der Waals surface area (Å²) in [7, 11) is 0. The molecule has 0 saturated heterocycles. The molecule has 0 radical (unpaired) electrons. The maximum absolute atomic E-state index is 12.9. The first kappa shape index (κ1) is 22.9. The molecule has 9 atom stereocenters. The Labute approximate surface area is 199 Å². The van der Waals surface area contributed by atoms with Gasteiger partial charge < -0.3 is 10.4 Å². The van der Waals surface area contributed by atoms with Gasteiger partial charge in [0, 0.05) is 11.6 Å². The van der Waals surface area contributed by atoms with Crippen molar-refractivity contribution in [1.82, 2.24) is 5.32 Å². The molecular formula is C29H40N2O2. The number of nitriles is 1. The Bertz CT molecular complexity index is 949. The lowest BCUT2D eigenvalue weighted by Crippen LogP contribution is -2.52. The molecular weight excluding hydrogens is 408 g/mol. The lowest BCUT2D eigenvalue weighted by atomic mass is 9.49. The van der Waals surface area contributed by atoms with E-state index in [1.54, 1.807) is 24.3 Å². The highest BCUT2D eigenvalue weighted by atomic mass is 16.3.